The van der Waals surface area contributed by atoms with Crippen LogP contribution in [0.3, 0.4) is 0 Å². The molecule has 0 saturated carbocycles. The highest BCUT2D eigenvalue weighted by molar-refractivity contribution is 8.18. The molecule has 0 aromatic carbocycles. The molecule has 0 aliphatic carbocycles. The number of carbonyl (C=O) groups is 1. The predicted octanol–water partition coefficient (Wildman–Crippen LogP) is -0.430. The Morgan fingerprint density at radius 1 is 1.83 bits per heavy atom. The number of amides is 1. The van der Waals surface area contributed by atoms with Crippen molar-refractivity contribution in [2.75, 3.05) is 5.75 Å². The normalized spacial score (nSPS) is 22.5. The van der Waals surface area contributed by atoms with Crippen LogP contribution in [0.25, 0.3) is 0 Å². The molecule has 0 unspecified atom stereocenters. The molecule has 0 aromatic heterocycles. The molecule has 1 aliphatic heterocycles. The second-order valence-electron chi connectivity index (χ2n) is 2.07. The molecule has 0 aromatic rings. The Bertz CT molecular complexity index is 252. The van der Waals surface area contributed by atoms with E-state index in [-0.39, 0.29) is 16.3 Å². The Kier molecular flexibility index (Phi) is 2.99. The first kappa shape index (κ1) is 9.40. The summed E-state index contributed by atoms with van der Waals surface area (Å²) < 4.78 is 0. The van der Waals surface area contributed by atoms with Crippen molar-refractivity contribution < 1.29 is 4.79 Å². The molecule has 1 rings (SSSR count). The van der Waals surface area contributed by atoms with E-state index in [1.807, 2.05) is 0 Å². The van der Waals surface area contributed by atoms with Crippen LogP contribution >= 0.6 is 23.5 Å². The van der Waals surface area contributed by atoms with Gasteiger partial charge in [-0.2, -0.15) is 4.99 Å². The van der Waals surface area contributed by atoms with Crippen LogP contribution < -0.4 is 11.5 Å². The largest absolute Gasteiger partial charge is 0.379 e. The fourth-order valence-corrected chi connectivity index (χ4v) is 2.21. The summed E-state index contributed by atoms with van der Waals surface area (Å²) in [7, 11) is 0. The Balaban J connectivity index is 2.37. The molecule has 0 radical (unpaired) electrons. The third-order valence-corrected chi connectivity index (χ3v) is 3.16. The van der Waals surface area contributed by atoms with Gasteiger partial charge in [-0.05, 0) is 0 Å². The summed E-state index contributed by atoms with van der Waals surface area (Å²) in [6, 6.07) is 0. The number of hydrogen-bond donors (Lipinski definition) is 3. The molecule has 7 heteroatoms. The van der Waals surface area contributed by atoms with Crippen LogP contribution in [0, 0.1) is 5.41 Å². The van der Waals surface area contributed by atoms with Gasteiger partial charge < -0.3 is 11.5 Å². The Hall–Kier alpha value is -0.690. The summed E-state index contributed by atoms with van der Waals surface area (Å²) >= 11 is 2.35. The molecule has 1 heterocycles. The zero-order valence-electron chi connectivity index (χ0n) is 6.11. The smallest absolute Gasteiger partial charge is 0.262 e. The monoisotopic (exact) mass is 204 g/mol. The van der Waals surface area contributed by atoms with Gasteiger partial charge in [0.25, 0.3) is 5.91 Å². The number of carbonyl (C=O) groups excluding carboxylic acids is 1. The fraction of sp³-hybridized carbons (Fsp3) is 0.400. The van der Waals surface area contributed by atoms with E-state index in [4.69, 9.17) is 16.9 Å². The van der Waals surface area contributed by atoms with E-state index >= 15 is 0 Å². The average molecular weight is 204 g/mol. The van der Waals surface area contributed by atoms with E-state index in [9.17, 15) is 4.79 Å². The van der Waals surface area contributed by atoms with E-state index < -0.39 is 0 Å². The zero-order valence-corrected chi connectivity index (χ0v) is 7.74. The zero-order chi connectivity index (χ0) is 9.14. The summed E-state index contributed by atoms with van der Waals surface area (Å²) in [5.41, 5.74) is 10.4. The summed E-state index contributed by atoms with van der Waals surface area (Å²) in [5, 5.41) is 6.97. The second-order valence-corrected chi connectivity index (χ2v) is 4.35. The highest BCUT2D eigenvalue weighted by Crippen LogP contribution is 2.23. The van der Waals surface area contributed by atoms with Gasteiger partial charge >= 0.3 is 0 Å². The van der Waals surface area contributed by atoms with Crippen LogP contribution in [0.5, 0.6) is 0 Å². The summed E-state index contributed by atoms with van der Waals surface area (Å²) in [4.78, 5) is 14.5. The van der Waals surface area contributed by atoms with Crippen molar-refractivity contribution in [3.05, 3.63) is 0 Å². The summed E-state index contributed by atoms with van der Waals surface area (Å²) in [5.74, 6) is 0.231. The van der Waals surface area contributed by atoms with Crippen LogP contribution in [-0.2, 0) is 4.79 Å². The number of hydrogen-bond acceptors (Lipinski definition) is 5. The number of aliphatic imine (C=N–C) groups is 1. The lowest BCUT2D eigenvalue weighted by molar-refractivity contribution is -0.116. The maximum Gasteiger partial charge on any atom is 0.262 e. The van der Waals surface area contributed by atoms with Gasteiger partial charge in [-0.15, -0.1) is 0 Å². The average Bonchev–Trinajstić information content (AvgIpc) is 2.26. The molecule has 5 N–H and O–H groups in total. The molecule has 1 atom stereocenters. The Morgan fingerprint density at radius 2 is 2.50 bits per heavy atom. The number of rotatable bonds is 2. The van der Waals surface area contributed by atoms with Crippen molar-refractivity contribution in [2.24, 2.45) is 16.5 Å². The number of nitrogens with zero attached hydrogens (tertiary/aromatic N) is 1. The summed E-state index contributed by atoms with van der Waals surface area (Å²) in [6.07, 6.45) is 0. The third kappa shape index (κ3) is 2.42. The first-order chi connectivity index (χ1) is 5.59. The van der Waals surface area contributed by atoms with Gasteiger partial charge in [-0.1, -0.05) is 23.5 Å². The second kappa shape index (κ2) is 3.81. The minimum Gasteiger partial charge on any atom is -0.379 e. The van der Waals surface area contributed by atoms with Gasteiger partial charge in [-0.3, -0.25) is 10.2 Å². The van der Waals surface area contributed by atoms with Crippen LogP contribution in [0.1, 0.15) is 0 Å². The van der Waals surface area contributed by atoms with Crippen LogP contribution in [0.4, 0.5) is 0 Å². The van der Waals surface area contributed by atoms with Gasteiger partial charge in [-0.25, -0.2) is 0 Å². The molecule has 66 valence electrons. The van der Waals surface area contributed by atoms with E-state index in [0.717, 1.165) is 11.8 Å². The Labute approximate surface area is 77.9 Å². The SMILES string of the molecule is N=C(N)SC[C@@H]1SC(N)=NC1=O. The topological polar surface area (TPSA) is 105 Å². The highest BCUT2D eigenvalue weighted by atomic mass is 32.2. The standard InChI is InChI=1S/C5H8N4OS2/c6-4(7)11-1-2-3(10)9-5(8)12-2/h2H,1H2,(H3,6,7)(H2,8,9,10)/t2-/m0/s1. The van der Waals surface area contributed by atoms with Crippen molar-refractivity contribution >= 4 is 39.8 Å². The molecule has 12 heavy (non-hydrogen) atoms. The molecule has 1 aliphatic rings. The van der Waals surface area contributed by atoms with Crippen LogP contribution in [0.15, 0.2) is 4.99 Å². The number of amidine groups is 2. The predicted molar refractivity (Wildman–Crippen MR) is 52.4 cm³/mol. The maximum atomic E-state index is 11.0. The molecular weight excluding hydrogens is 196 g/mol. The lowest BCUT2D eigenvalue weighted by Crippen LogP contribution is -2.17. The lowest BCUT2D eigenvalue weighted by atomic mass is 10.5. The van der Waals surface area contributed by atoms with Gasteiger partial charge in [0.05, 0.1) is 0 Å². The van der Waals surface area contributed by atoms with Crippen molar-refractivity contribution in [1.82, 2.24) is 0 Å². The molecular formula is C5H8N4OS2. The van der Waals surface area contributed by atoms with Crippen molar-refractivity contribution in [3.63, 3.8) is 0 Å². The Morgan fingerprint density at radius 3 is 2.92 bits per heavy atom. The van der Waals surface area contributed by atoms with E-state index in [1.54, 1.807) is 0 Å². The van der Waals surface area contributed by atoms with Gasteiger partial charge in [0.15, 0.2) is 10.3 Å². The van der Waals surface area contributed by atoms with E-state index in [2.05, 4.69) is 4.99 Å². The minimum atomic E-state index is -0.265. The van der Waals surface area contributed by atoms with Gasteiger partial charge in [0.1, 0.15) is 5.25 Å². The van der Waals surface area contributed by atoms with Gasteiger partial charge in [0, 0.05) is 5.75 Å². The quantitative estimate of drug-likeness (QED) is 0.418. The number of nitrogens with two attached hydrogens (primary N) is 2. The van der Waals surface area contributed by atoms with Crippen molar-refractivity contribution in [3.8, 4) is 0 Å². The molecule has 0 saturated heterocycles. The molecule has 0 bridgehead atoms. The summed E-state index contributed by atoms with van der Waals surface area (Å²) in [6.45, 7) is 0. The van der Waals surface area contributed by atoms with E-state index in [1.165, 1.54) is 11.8 Å². The van der Waals surface area contributed by atoms with Crippen LogP contribution in [0.2, 0.25) is 0 Å². The van der Waals surface area contributed by atoms with Crippen molar-refractivity contribution in [1.29, 1.82) is 5.41 Å². The molecule has 0 fully saturated rings. The van der Waals surface area contributed by atoms with Crippen LogP contribution in [-0.4, -0.2) is 27.2 Å². The van der Waals surface area contributed by atoms with Crippen molar-refractivity contribution in [2.45, 2.75) is 5.25 Å². The van der Waals surface area contributed by atoms with Gasteiger partial charge in [0.2, 0.25) is 0 Å². The number of nitrogens with one attached hydrogen (secondary N) is 1. The lowest BCUT2D eigenvalue weighted by Gasteiger charge is -2.03. The maximum absolute atomic E-state index is 11.0. The molecule has 1 amide bonds. The molecule has 5 nitrogen and oxygen atoms in total. The minimum absolute atomic E-state index is 0.00821. The number of thioether (sulfide) groups is 2. The first-order valence-corrected chi connectivity index (χ1v) is 4.97. The van der Waals surface area contributed by atoms with E-state index in [0.29, 0.717) is 10.9 Å². The first-order valence-electron chi connectivity index (χ1n) is 3.11. The molecule has 0 spiro atoms. The highest BCUT2D eigenvalue weighted by Gasteiger charge is 2.26. The third-order valence-electron chi connectivity index (χ3n) is 1.15. The fourth-order valence-electron chi connectivity index (χ4n) is 0.674.